The van der Waals surface area contributed by atoms with Gasteiger partial charge in [-0.25, -0.2) is 9.78 Å². The predicted molar refractivity (Wildman–Crippen MR) is 73.6 cm³/mol. The molecule has 1 aromatic carbocycles. The zero-order valence-electron chi connectivity index (χ0n) is 9.93. The van der Waals surface area contributed by atoms with Crippen LogP contribution in [0.2, 0.25) is 0 Å². The number of anilines is 2. The van der Waals surface area contributed by atoms with Gasteiger partial charge in [-0.2, -0.15) is 0 Å². The monoisotopic (exact) mass is 262 g/mol. The number of thiazole rings is 1. The maximum absolute atomic E-state index is 11.6. The van der Waals surface area contributed by atoms with Gasteiger partial charge in [0.25, 0.3) is 0 Å². The number of aryl methyl sites for hydroxylation is 1. The van der Waals surface area contributed by atoms with E-state index in [0.717, 1.165) is 9.88 Å². The standard InChI is InChI=1S/C12H14N4OS/c1-8-14-6-11(18-8)7-15-12(17)16-10-4-2-3-9(13)5-10/h2-6H,7,13H2,1H3,(H2,15,16,17). The van der Waals surface area contributed by atoms with Crippen molar-refractivity contribution in [1.82, 2.24) is 10.3 Å². The zero-order valence-corrected chi connectivity index (χ0v) is 10.8. The average molecular weight is 262 g/mol. The van der Waals surface area contributed by atoms with E-state index in [1.807, 2.05) is 6.92 Å². The fourth-order valence-electron chi connectivity index (χ4n) is 1.45. The van der Waals surface area contributed by atoms with Crippen LogP contribution in [0.1, 0.15) is 9.88 Å². The van der Waals surface area contributed by atoms with Crippen LogP contribution in [-0.2, 0) is 6.54 Å². The van der Waals surface area contributed by atoms with Crippen LogP contribution < -0.4 is 16.4 Å². The molecule has 94 valence electrons. The summed E-state index contributed by atoms with van der Waals surface area (Å²) >= 11 is 1.56. The van der Waals surface area contributed by atoms with Gasteiger partial charge >= 0.3 is 6.03 Å². The second-order valence-electron chi connectivity index (χ2n) is 3.78. The van der Waals surface area contributed by atoms with Gasteiger partial charge in [0.2, 0.25) is 0 Å². The number of nitrogens with two attached hydrogens (primary N) is 1. The van der Waals surface area contributed by atoms with Crippen molar-refractivity contribution in [1.29, 1.82) is 0 Å². The fraction of sp³-hybridized carbons (Fsp3) is 0.167. The molecule has 4 N–H and O–H groups in total. The first kappa shape index (κ1) is 12.4. The minimum absolute atomic E-state index is 0.258. The molecule has 2 amide bonds. The van der Waals surface area contributed by atoms with Crippen molar-refractivity contribution in [2.45, 2.75) is 13.5 Å². The van der Waals surface area contributed by atoms with Crippen molar-refractivity contribution in [3.05, 3.63) is 40.3 Å². The molecule has 0 aliphatic heterocycles. The molecule has 0 saturated heterocycles. The summed E-state index contributed by atoms with van der Waals surface area (Å²) < 4.78 is 0. The zero-order chi connectivity index (χ0) is 13.0. The minimum Gasteiger partial charge on any atom is -0.399 e. The quantitative estimate of drug-likeness (QED) is 0.743. The molecule has 1 heterocycles. The number of carbonyl (C=O) groups excluding carboxylic acids is 1. The fourth-order valence-corrected chi connectivity index (χ4v) is 2.18. The van der Waals surface area contributed by atoms with E-state index in [1.165, 1.54) is 0 Å². The molecule has 0 saturated carbocycles. The molecular formula is C12H14N4OS. The predicted octanol–water partition coefficient (Wildman–Crippen LogP) is 2.36. The number of urea groups is 1. The third kappa shape index (κ3) is 3.46. The summed E-state index contributed by atoms with van der Waals surface area (Å²) in [6.07, 6.45) is 1.76. The van der Waals surface area contributed by atoms with Crippen LogP contribution in [0.15, 0.2) is 30.5 Å². The van der Waals surface area contributed by atoms with Gasteiger partial charge in [0.05, 0.1) is 11.6 Å². The van der Waals surface area contributed by atoms with Crippen LogP contribution >= 0.6 is 11.3 Å². The number of aromatic nitrogens is 1. The molecule has 0 atom stereocenters. The largest absolute Gasteiger partial charge is 0.399 e. The number of benzene rings is 1. The van der Waals surface area contributed by atoms with Gasteiger partial charge in [0.15, 0.2) is 0 Å². The van der Waals surface area contributed by atoms with E-state index in [2.05, 4.69) is 15.6 Å². The SMILES string of the molecule is Cc1ncc(CNC(=O)Nc2cccc(N)c2)s1. The summed E-state index contributed by atoms with van der Waals surface area (Å²) in [5.41, 5.74) is 6.91. The highest BCUT2D eigenvalue weighted by Crippen LogP contribution is 2.12. The van der Waals surface area contributed by atoms with Crippen LogP contribution in [-0.4, -0.2) is 11.0 Å². The third-order valence-electron chi connectivity index (χ3n) is 2.24. The highest BCUT2D eigenvalue weighted by molar-refractivity contribution is 7.11. The number of nitrogens with one attached hydrogen (secondary N) is 2. The molecule has 2 rings (SSSR count). The van der Waals surface area contributed by atoms with Gasteiger partial charge in [0.1, 0.15) is 0 Å². The van der Waals surface area contributed by atoms with Crippen LogP contribution in [0.25, 0.3) is 0 Å². The van der Waals surface area contributed by atoms with Crippen molar-refractivity contribution in [2.24, 2.45) is 0 Å². The van der Waals surface area contributed by atoms with E-state index < -0.39 is 0 Å². The summed E-state index contributed by atoms with van der Waals surface area (Å²) in [5, 5.41) is 6.46. The Hall–Kier alpha value is -2.08. The molecule has 0 unspecified atom stereocenters. The molecule has 5 nitrogen and oxygen atoms in total. The van der Waals surface area contributed by atoms with E-state index in [-0.39, 0.29) is 6.03 Å². The van der Waals surface area contributed by atoms with Crippen LogP contribution in [0, 0.1) is 6.92 Å². The summed E-state index contributed by atoms with van der Waals surface area (Å²) in [6.45, 7) is 2.40. The smallest absolute Gasteiger partial charge is 0.319 e. The lowest BCUT2D eigenvalue weighted by molar-refractivity contribution is 0.252. The van der Waals surface area contributed by atoms with E-state index in [4.69, 9.17) is 5.73 Å². The first-order valence-corrected chi connectivity index (χ1v) is 6.27. The van der Waals surface area contributed by atoms with Gasteiger partial charge in [-0.1, -0.05) is 6.07 Å². The summed E-state index contributed by atoms with van der Waals surface area (Å²) in [7, 11) is 0. The highest BCUT2D eigenvalue weighted by Gasteiger charge is 2.03. The van der Waals surface area contributed by atoms with Crippen LogP contribution in [0.4, 0.5) is 16.2 Å². The number of carbonyl (C=O) groups is 1. The summed E-state index contributed by atoms with van der Waals surface area (Å²) in [6, 6.07) is 6.79. The molecule has 1 aromatic heterocycles. The number of nitrogen functional groups attached to an aromatic ring is 1. The lowest BCUT2D eigenvalue weighted by Crippen LogP contribution is -2.27. The lowest BCUT2D eigenvalue weighted by Gasteiger charge is -2.06. The molecule has 0 aliphatic carbocycles. The second-order valence-corrected chi connectivity index (χ2v) is 5.10. The number of rotatable bonds is 3. The molecule has 2 aromatic rings. The van der Waals surface area contributed by atoms with Gasteiger partial charge < -0.3 is 16.4 Å². The molecule has 6 heteroatoms. The third-order valence-corrected chi connectivity index (χ3v) is 3.15. The van der Waals surface area contributed by atoms with Crippen molar-refractivity contribution in [3.8, 4) is 0 Å². The Morgan fingerprint density at radius 1 is 1.50 bits per heavy atom. The molecular weight excluding hydrogens is 248 g/mol. The Morgan fingerprint density at radius 3 is 3.00 bits per heavy atom. The molecule has 0 bridgehead atoms. The Bertz CT molecular complexity index is 553. The number of nitrogens with zero attached hydrogens (tertiary/aromatic N) is 1. The van der Waals surface area contributed by atoms with Gasteiger partial charge in [0, 0.05) is 22.4 Å². The lowest BCUT2D eigenvalue weighted by atomic mass is 10.3. The van der Waals surface area contributed by atoms with E-state index in [1.54, 1.807) is 41.8 Å². The number of amides is 2. The molecule has 0 aliphatic rings. The Morgan fingerprint density at radius 2 is 2.33 bits per heavy atom. The highest BCUT2D eigenvalue weighted by atomic mass is 32.1. The Kier molecular flexibility index (Phi) is 3.78. The van der Waals surface area contributed by atoms with Crippen molar-refractivity contribution in [2.75, 3.05) is 11.1 Å². The molecule has 18 heavy (non-hydrogen) atoms. The Labute approximate surface area is 109 Å². The van der Waals surface area contributed by atoms with E-state index in [9.17, 15) is 4.79 Å². The molecule has 0 radical (unpaired) electrons. The second kappa shape index (κ2) is 5.50. The van der Waals surface area contributed by atoms with Gasteiger partial charge in [-0.15, -0.1) is 11.3 Å². The first-order valence-electron chi connectivity index (χ1n) is 5.45. The number of hydrogen-bond donors (Lipinski definition) is 3. The van der Waals surface area contributed by atoms with Crippen molar-refractivity contribution < 1.29 is 4.79 Å². The first-order chi connectivity index (χ1) is 8.63. The summed E-state index contributed by atoms with van der Waals surface area (Å²) in [4.78, 5) is 16.8. The average Bonchev–Trinajstić information content (AvgIpc) is 2.73. The van der Waals surface area contributed by atoms with Crippen LogP contribution in [0.5, 0.6) is 0 Å². The minimum atomic E-state index is -0.258. The maximum atomic E-state index is 11.6. The number of hydrogen-bond acceptors (Lipinski definition) is 4. The van der Waals surface area contributed by atoms with Gasteiger partial charge in [-0.3, -0.25) is 0 Å². The topological polar surface area (TPSA) is 80.0 Å². The normalized spacial score (nSPS) is 10.1. The van der Waals surface area contributed by atoms with E-state index >= 15 is 0 Å². The molecule has 0 spiro atoms. The van der Waals surface area contributed by atoms with Crippen LogP contribution in [0.3, 0.4) is 0 Å². The summed E-state index contributed by atoms with van der Waals surface area (Å²) in [5.74, 6) is 0. The van der Waals surface area contributed by atoms with Crippen molar-refractivity contribution in [3.63, 3.8) is 0 Å². The Balaban J connectivity index is 1.85. The van der Waals surface area contributed by atoms with Crippen molar-refractivity contribution >= 4 is 28.7 Å². The maximum Gasteiger partial charge on any atom is 0.319 e. The van der Waals surface area contributed by atoms with Gasteiger partial charge in [-0.05, 0) is 25.1 Å². The van der Waals surface area contributed by atoms with E-state index in [0.29, 0.717) is 17.9 Å². The molecule has 0 fully saturated rings.